The second-order valence-electron chi connectivity index (χ2n) is 6.68. The Morgan fingerprint density at radius 1 is 1.16 bits per heavy atom. The van der Waals surface area contributed by atoms with Crippen LogP contribution in [0.2, 0.25) is 0 Å². The number of benzene rings is 1. The number of ether oxygens (including phenoxy) is 3. The number of hydrogen-bond acceptors (Lipinski definition) is 5. The van der Waals surface area contributed by atoms with E-state index in [-0.39, 0.29) is 6.04 Å². The van der Waals surface area contributed by atoms with Crippen molar-refractivity contribution >= 4 is 0 Å². The summed E-state index contributed by atoms with van der Waals surface area (Å²) in [7, 11) is 2.06. The zero-order valence-corrected chi connectivity index (χ0v) is 14.6. The van der Waals surface area contributed by atoms with Gasteiger partial charge in [0.25, 0.3) is 0 Å². The monoisotopic (exact) mass is 343 g/mol. The van der Waals surface area contributed by atoms with Gasteiger partial charge in [-0.1, -0.05) is 6.07 Å². The van der Waals surface area contributed by atoms with Gasteiger partial charge in [0.15, 0.2) is 11.5 Å². The van der Waals surface area contributed by atoms with Gasteiger partial charge in [-0.05, 0) is 36.5 Å². The lowest BCUT2D eigenvalue weighted by Crippen LogP contribution is -2.33. The fraction of sp³-hybridized carbons (Fsp3) is 0.526. The van der Waals surface area contributed by atoms with Crippen LogP contribution >= 0.6 is 0 Å². The van der Waals surface area contributed by atoms with Crippen molar-refractivity contribution in [1.82, 2.24) is 14.9 Å². The van der Waals surface area contributed by atoms with Crippen molar-refractivity contribution in [3.63, 3.8) is 0 Å². The summed E-state index contributed by atoms with van der Waals surface area (Å²) in [6, 6.07) is 6.38. The van der Waals surface area contributed by atoms with E-state index < -0.39 is 0 Å². The zero-order valence-electron chi connectivity index (χ0n) is 14.6. The van der Waals surface area contributed by atoms with Crippen molar-refractivity contribution < 1.29 is 14.2 Å². The van der Waals surface area contributed by atoms with E-state index in [0.717, 1.165) is 49.9 Å². The SMILES string of the molecule is Cn1ccnc1C(NCc1ccc2c(c1)OCCO2)C1CCOCC1. The van der Waals surface area contributed by atoms with E-state index in [0.29, 0.717) is 19.1 Å². The van der Waals surface area contributed by atoms with Crippen LogP contribution in [0.25, 0.3) is 0 Å². The van der Waals surface area contributed by atoms with Crippen molar-refractivity contribution in [2.24, 2.45) is 13.0 Å². The summed E-state index contributed by atoms with van der Waals surface area (Å²) >= 11 is 0. The van der Waals surface area contributed by atoms with Gasteiger partial charge in [-0.3, -0.25) is 0 Å². The molecule has 0 bridgehead atoms. The summed E-state index contributed by atoms with van der Waals surface area (Å²) in [6.45, 7) is 3.66. The first kappa shape index (κ1) is 16.4. The van der Waals surface area contributed by atoms with Gasteiger partial charge in [0, 0.05) is 39.2 Å². The molecule has 6 nitrogen and oxygen atoms in total. The highest BCUT2D eigenvalue weighted by Gasteiger charge is 2.28. The minimum atomic E-state index is 0.220. The number of nitrogens with one attached hydrogen (secondary N) is 1. The lowest BCUT2D eigenvalue weighted by molar-refractivity contribution is 0.0518. The Hall–Kier alpha value is -2.05. The van der Waals surface area contributed by atoms with E-state index in [2.05, 4.69) is 34.0 Å². The summed E-state index contributed by atoms with van der Waals surface area (Å²) < 4.78 is 18.9. The minimum Gasteiger partial charge on any atom is -0.486 e. The molecule has 2 aliphatic heterocycles. The fourth-order valence-electron chi connectivity index (χ4n) is 3.62. The van der Waals surface area contributed by atoms with Crippen LogP contribution in [0.5, 0.6) is 11.5 Å². The molecule has 134 valence electrons. The van der Waals surface area contributed by atoms with Crippen LogP contribution in [0.1, 0.15) is 30.3 Å². The van der Waals surface area contributed by atoms with Crippen LogP contribution in [0.4, 0.5) is 0 Å². The second-order valence-corrected chi connectivity index (χ2v) is 6.68. The molecule has 6 heteroatoms. The molecule has 2 aromatic rings. The molecular formula is C19H25N3O3. The topological polar surface area (TPSA) is 57.5 Å². The van der Waals surface area contributed by atoms with Gasteiger partial charge in [-0.25, -0.2) is 4.98 Å². The summed E-state index contributed by atoms with van der Waals surface area (Å²) in [5.41, 5.74) is 1.19. The smallest absolute Gasteiger partial charge is 0.161 e. The normalized spacial score (nSPS) is 18.9. The molecule has 1 saturated heterocycles. The van der Waals surface area contributed by atoms with Crippen LogP contribution < -0.4 is 14.8 Å². The molecule has 25 heavy (non-hydrogen) atoms. The lowest BCUT2D eigenvalue weighted by atomic mass is 9.91. The summed E-state index contributed by atoms with van der Waals surface area (Å²) in [5, 5.41) is 3.72. The molecule has 2 aliphatic rings. The van der Waals surface area contributed by atoms with E-state index in [1.165, 1.54) is 5.56 Å². The Kier molecular flexibility index (Phi) is 4.90. The predicted octanol–water partition coefficient (Wildman–Crippen LogP) is 2.45. The molecule has 1 N–H and O–H groups in total. The van der Waals surface area contributed by atoms with Crippen molar-refractivity contribution in [1.29, 1.82) is 0 Å². The third-order valence-electron chi connectivity index (χ3n) is 5.01. The first-order valence-electron chi connectivity index (χ1n) is 8.98. The lowest BCUT2D eigenvalue weighted by Gasteiger charge is -2.31. The number of hydrogen-bond donors (Lipinski definition) is 1. The fourth-order valence-corrected chi connectivity index (χ4v) is 3.62. The van der Waals surface area contributed by atoms with E-state index in [9.17, 15) is 0 Å². The van der Waals surface area contributed by atoms with Gasteiger partial charge < -0.3 is 24.1 Å². The Bertz CT molecular complexity index is 710. The maximum atomic E-state index is 5.69. The molecule has 1 aromatic carbocycles. The van der Waals surface area contributed by atoms with Crippen LogP contribution in [-0.4, -0.2) is 36.0 Å². The Balaban J connectivity index is 1.49. The molecule has 1 aromatic heterocycles. The Labute approximate surface area is 148 Å². The van der Waals surface area contributed by atoms with E-state index in [4.69, 9.17) is 14.2 Å². The van der Waals surface area contributed by atoms with E-state index in [1.807, 2.05) is 18.5 Å². The molecule has 0 radical (unpaired) electrons. The number of aryl methyl sites for hydroxylation is 1. The van der Waals surface area contributed by atoms with Gasteiger partial charge in [0.05, 0.1) is 6.04 Å². The van der Waals surface area contributed by atoms with Crippen LogP contribution in [0, 0.1) is 5.92 Å². The molecule has 0 saturated carbocycles. The molecule has 0 spiro atoms. The minimum absolute atomic E-state index is 0.220. The highest BCUT2D eigenvalue weighted by molar-refractivity contribution is 5.43. The van der Waals surface area contributed by atoms with Gasteiger partial charge in [-0.15, -0.1) is 0 Å². The molecule has 0 amide bonds. The van der Waals surface area contributed by atoms with Crippen molar-refractivity contribution in [2.75, 3.05) is 26.4 Å². The highest BCUT2D eigenvalue weighted by Crippen LogP contribution is 2.32. The van der Waals surface area contributed by atoms with E-state index in [1.54, 1.807) is 0 Å². The number of imidazole rings is 1. The number of fused-ring (bicyclic) bond motifs is 1. The van der Waals surface area contributed by atoms with Gasteiger partial charge in [-0.2, -0.15) is 0 Å². The van der Waals surface area contributed by atoms with Crippen molar-refractivity contribution in [3.05, 3.63) is 42.0 Å². The summed E-state index contributed by atoms with van der Waals surface area (Å²) in [6.07, 6.45) is 6.00. The summed E-state index contributed by atoms with van der Waals surface area (Å²) in [5.74, 6) is 3.29. The van der Waals surface area contributed by atoms with Crippen molar-refractivity contribution in [3.8, 4) is 11.5 Å². The van der Waals surface area contributed by atoms with Crippen LogP contribution in [0.15, 0.2) is 30.6 Å². The first-order chi connectivity index (χ1) is 12.3. The number of nitrogens with zero attached hydrogens (tertiary/aromatic N) is 2. The Morgan fingerprint density at radius 3 is 2.72 bits per heavy atom. The first-order valence-corrected chi connectivity index (χ1v) is 8.98. The van der Waals surface area contributed by atoms with Crippen molar-refractivity contribution in [2.45, 2.75) is 25.4 Å². The second kappa shape index (κ2) is 7.45. The average molecular weight is 343 g/mol. The standard InChI is InChI=1S/C19H25N3O3/c1-22-7-6-20-19(22)18(15-4-8-23-9-5-15)21-13-14-2-3-16-17(12-14)25-11-10-24-16/h2-3,6-7,12,15,18,21H,4-5,8-11,13H2,1H3. The van der Waals surface area contributed by atoms with Crippen LogP contribution in [0.3, 0.4) is 0 Å². The Morgan fingerprint density at radius 2 is 1.96 bits per heavy atom. The number of rotatable bonds is 5. The third kappa shape index (κ3) is 3.65. The number of aromatic nitrogens is 2. The summed E-state index contributed by atoms with van der Waals surface area (Å²) in [4.78, 5) is 4.59. The molecule has 3 heterocycles. The quantitative estimate of drug-likeness (QED) is 0.904. The molecule has 0 aliphatic carbocycles. The largest absolute Gasteiger partial charge is 0.486 e. The molecule has 4 rings (SSSR count). The maximum Gasteiger partial charge on any atom is 0.161 e. The molecule has 1 fully saturated rings. The van der Waals surface area contributed by atoms with Crippen LogP contribution in [-0.2, 0) is 18.3 Å². The highest BCUT2D eigenvalue weighted by atomic mass is 16.6. The zero-order chi connectivity index (χ0) is 17.1. The molecule has 1 unspecified atom stereocenters. The molecule has 1 atom stereocenters. The molecular weight excluding hydrogens is 318 g/mol. The third-order valence-corrected chi connectivity index (χ3v) is 5.01. The average Bonchev–Trinajstić information content (AvgIpc) is 3.08. The van der Waals surface area contributed by atoms with Gasteiger partial charge in [0.1, 0.15) is 19.0 Å². The maximum absolute atomic E-state index is 5.69. The van der Waals surface area contributed by atoms with Gasteiger partial charge >= 0.3 is 0 Å². The predicted molar refractivity (Wildman–Crippen MR) is 93.8 cm³/mol. The van der Waals surface area contributed by atoms with Gasteiger partial charge in [0.2, 0.25) is 0 Å². The van der Waals surface area contributed by atoms with E-state index >= 15 is 0 Å².